The fourth-order valence-corrected chi connectivity index (χ4v) is 3.52. The Labute approximate surface area is 187 Å². The highest BCUT2D eigenvalue weighted by Crippen LogP contribution is 2.27. The minimum atomic E-state index is -0.116. The van der Waals surface area contributed by atoms with E-state index in [9.17, 15) is 4.79 Å². The van der Waals surface area contributed by atoms with E-state index in [0.717, 1.165) is 29.8 Å². The number of carbonyl (C=O) groups is 1. The van der Waals surface area contributed by atoms with Gasteiger partial charge in [0.25, 0.3) is 0 Å². The van der Waals surface area contributed by atoms with Crippen LogP contribution in [0.15, 0.2) is 73.2 Å². The third-order valence-electron chi connectivity index (χ3n) is 5.39. The van der Waals surface area contributed by atoms with Crippen LogP contribution in [0.3, 0.4) is 0 Å². The van der Waals surface area contributed by atoms with Crippen LogP contribution in [-0.4, -0.2) is 25.9 Å². The average molecular weight is 427 g/mol. The van der Waals surface area contributed by atoms with Gasteiger partial charge < -0.3 is 11.1 Å². The number of pyridine rings is 1. The summed E-state index contributed by atoms with van der Waals surface area (Å²) in [6.07, 6.45) is 7.11. The maximum absolute atomic E-state index is 12.5. The summed E-state index contributed by atoms with van der Waals surface area (Å²) in [5.74, 6) is -0.116. The fourth-order valence-electron chi connectivity index (χ4n) is 3.52. The normalized spacial score (nSPS) is 10.8. The molecule has 0 saturated carbocycles. The van der Waals surface area contributed by atoms with Crippen molar-refractivity contribution in [3.05, 3.63) is 90.0 Å². The molecule has 1 amide bonds. The highest BCUT2D eigenvalue weighted by molar-refractivity contribution is 5.95. The number of rotatable bonds is 8. The van der Waals surface area contributed by atoms with Crippen LogP contribution in [-0.2, 0) is 24.2 Å². The molecule has 2 aromatic carbocycles. The second kappa shape index (κ2) is 9.87. The van der Waals surface area contributed by atoms with Gasteiger partial charge in [-0.05, 0) is 48.2 Å². The first-order valence-electron chi connectivity index (χ1n) is 10.6. The molecule has 0 aliphatic heterocycles. The third kappa shape index (κ3) is 5.37. The number of aryl methyl sites for hydroxylation is 4. The molecule has 2 heterocycles. The predicted molar refractivity (Wildman–Crippen MR) is 126 cm³/mol. The van der Waals surface area contributed by atoms with E-state index in [1.54, 1.807) is 18.5 Å². The molecule has 4 aromatic rings. The molecule has 0 fully saturated rings. The fraction of sp³-hybridized carbons (Fsp3) is 0.200. The van der Waals surface area contributed by atoms with Crippen molar-refractivity contribution < 1.29 is 4.79 Å². The molecule has 0 spiro atoms. The van der Waals surface area contributed by atoms with E-state index in [1.807, 2.05) is 47.3 Å². The molecule has 0 aliphatic carbocycles. The molecule has 0 saturated heterocycles. The highest BCUT2D eigenvalue weighted by Gasteiger charge is 2.10. The van der Waals surface area contributed by atoms with Gasteiger partial charge in [-0.15, -0.1) is 5.10 Å². The Hall–Kier alpha value is -4.00. The van der Waals surface area contributed by atoms with E-state index in [2.05, 4.69) is 39.7 Å². The summed E-state index contributed by atoms with van der Waals surface area (Å²) in [6.45, 7) is 2.86. The van der Waals surface area contributed by atoms with Crippen LogP contribution >= 0.6 is 0 Å². The standard InChI is InChI=1S/C25H26N6O/c1-18-5-2-3-6-19(18)12-14-31-17-22(29-30-31)9-11-25(32)28-24-15-20(8-10-23(24)26)21-7-4-13-27-16-21/h2-8,10,13,15-17H,9,11-12,14,26H2,1H3,(H,28,32). The van der Waals surface area contributed by atoms with Crippen LogP contribution in [0.2, 0.25) is 0 Å². The summed E-state index contributed by atoms with van der Waals surface area (Å²) in [5, 5.41) is 11.3. The molecule has 0 bridgehead atoms. The maximum atomic E-state index is 12.5. The minimum Gasteiger partial charge on any atom is -0.397 e. The zero-order valence-electron chi connectivity index (χ0n) is 18.0. The Morgan fingerprint density at radius 2 is 1.94 bits per heavy atom. The van der Waals surface area contributed by atoms with Crippen LogP contribution < -0.4 is 11.1 Å². The van der Waals surface area contributed by atoms with Gasteiger partial charge in [-0.3, -0.25) is 14.5 Å². The quantitative estimate of drug-likeness (QED) is 0.414. The Kier molecular flexibility index (Phi) is 6.55. The van der Waals surface area contributed by atoms with Crippen LogP contribution in [0.5, 0.6) is 0 Å². The minimum absolute atomic E-state index is 0.116. The molecule has 0 radical (unpaired) electrons. The van der Waals surface area contributed by atoms with E-state index in [-0.39, 0.29) is 5.91 Å². The second-order valence-corrected chi connectivity index (χ2v) is 7.74. The number of aromatic nitrogens is 4. The van der Waals surface area contributed by atoms with E-state index in [4.69, 9.17) is 5.73 Å². The number of amides is 1. The lowest BCUT2D eigenvalue weighted by atomic mass is 10.1. The number of anilines is 2. The molecule has 0 aliphatic rings. The van der Waals surface area contributed by atoms with Gasteiger partial charge in [0.2, 0.25) is 5.91 Å². The van der Waals surface area contributed by atoms with Crippen molar-refractivity contribution in [2.24, 2.45) is 0 Å². The molecule has 4 rings (SSSR count). The number of hydrogen-bond acceptors (Lipinski definition) is 5. The SMILES string of the molecule is Cc1ccccc1CCn1cc(CCC(=O)Nc2cc(-c3cccnc3)ccc2N)nn1. The molecule has 7 nitrogen and oxygen atoms in total. The van der Waals surface area contributed by atoms with Crippen LogP contribution in [0.25, 0.3) is 11.1 Å². The van der Waals surface area contributed by atoms with E-state index < -0.39 is 0 Å². The monoisotopic (exact) mass is 426 g/mol. The van der Waals surface area contributed by atoms with Gasteiger partial charge in [0.15, 0.2) is 0 Å². The molecule has 0 unspecified atom stereocenters. The molecule has 7 heteroatoms. The average Bonchev–Trinajstić information content (AvgIpc) is 3.27. The topological polar surface area (TPSA) is 98.7 Å². The number of nitrogens with two attached hydrogens (primary N) is 1. The Morgan fingerprint density at radius 1 is 1.06 bits per heavy atom. The van der Waals surface area contributed by atoms with E-state index >= 15 is 0 Å². The molecular weight excluding hydrogens is 400 g/mol. The first-order chi connectivity index (χ1) is 15.6. The summed E-state index contributed by atoms with van der Waals surface area (Å²) < 4.78 is 1.83. The zero-order chi connectivity index (χ0) is 22.3. The summed E-state index contributed by atoms with van der Waals surface area (Å²) in [5.41, 5.74) is 12.5. The van der Waals surface area contributed by atoms with Crippen molar-refractivity contribution in [1.29, 1.82) is 0 Å². The van der Waals surface area contributed by atoms with Crippen molar-refractivity contribution >= 4 is 17.3 Å². The second-order valence-electron chi connectivity index (χ2n) is 7.74. The van der Waals surface area contributed by atoms with Gasteiger partial charge in [-0.1, -0.05) is 41.6 Å². The van der Waals surface area contributed by atoms with Gasteiger partial charge >= 0.3 is 0 Å². The first kappa shape index (κ1) is 21.2. The molecule has 2 aromatic heterocycles. The van der Waals surface area contributed by atoms with Crippen molar-refractivity contribution in [2.75, 3.05) is 11.1 Å². The molecule has 0 atom stereocenters. The van der Waals surface area contributed by atoms with Crippen molar-refractivity contribution in [2.45, 2.75) is 32.7 Å². The third-order valence-corrected chi connectivity index (χ3v) is 5.39. The zero-order valence-corrected chi connectivity index (χ0v) is 18.0. The van der Waals surface area contributed by atoms with Crippen molar-refractivity contribution in [3.63, 3.8) is 0 Å². The summed E-state index contributed by atoms with van der Waals surface area (Å²) in [4.78, 5) is 16.6. The van der Waals surface area contributed by atoms with Crippen molar-refractivity contribution in [3.8, 4) is 11.1 Å². The van der Waals surface area contributed by atoms with E-state index in [1.165, 1.54) is 11.1 Å². The highest BCUT2D eigenvalue weighted by atomic mass is 16.1. The van der Waals surface area contributed by atoms with Gasteiger partial charge in [-0.2, -0.15) is 0 Å². The predicted octanol–water partition coefficient (Wildman–Crippen LogP) is 4.04. The molecule has 32 heavy (non-hydrogen) atoms. The largest absolute Gasteiger partial charge is 0.397 e. The summed E-state index contributed by atoms with van der Waals surface area (Å²) in [6, 6.07) is 17.7. The molecule has 162 valence electrons. The lowest BCUT2D eigenvalue weighted by Crippen LogP contribution is -2.13. The maximum Gasteiger partial charge on any atom is 0.224 e. The van der Waals surface area contributed by atoms with Crippen molar-refractivity contribution in [1.82, 2.24) is 20.0 Å². The molecule has 3 N–H and O–H groups in total. The Balaban J connectivity index is 1.31. The number of hydrogen-bond donors (Lipinski definition) is 2. The lowest BCUT2D eigenvalue weighted by Gasteiger charge is -2.10. The van der Waals surface area contributed by atoms with Gasteiger partial charge in [0, 0.05) is 43.5 Å². The van der Waals surface area contributed by atoms with Gasteiger partial charge in [-0.25, -0.2) is 0 Å². The van der Waals surface area contributed by atoms with Crippen LogP contribution in [0.1, 0.15) is 23.2 Å². The number of nitrogens with one attached hydrogen (secondary N) is 1. The first-order valence-corrected chi connectivity index (χ1v) is 10.6. The summed E-state index contributed by atoms with van der Waals surface area (Å²) >= 11 is 0. The Morgan fingerprint density at radius 3 is 2.75 bits per heavy atom. The number of benzene rings is 2. The summed E-state index contributed by atoms with van der Waals surface area (Å²) in [7, 11) is 0. The lowest BCUT2D eigenvalue weighted by molar-refractivity contribution is -0.116. The van der Waals surface area contributed by atoms with Crippen LogP contribution in [0, 0.1) is 6.92 Å². The Bertz CT molecular complexity index is 1200. The molecular formula is C25H26N6O. The van der Waals surface area contributed by atoms with Gasteiger partial charge in [0.05, 0.1) is 17.1 Å². The van der Waals surface area contributed by atoms with Gasteiger partial charge in [0.1, 0.15) is 0 Å². The smallest absolute Gasteiger partial charge is 0.224 e. The number of nitrogen functional groups attached to an aromatic ring is 1. The van der Waals surface area contributed by atoms with Crippen LogP contribution in [0.4, 0.5) is 11.4 Å². The van der Waals surface area contributed by atoms with E-state index in [0.29, 0.717) is 24.2 Å². The number of carbonyl (C=O) groups excluding carboxylic acids is 1. The number of nitrogens with zero attached hydrogens (tertiary/aromatic N) is 4.